The second-order valence-corrected chi connectivity index (χ2v) is 4.46. The van der Waals surface area contributed by atoms with Crippen molar-refractivity contribution in [1.82, 2.24) is 0 Å². The molecule has 0 amide bonds. The molecule has 0 aliphatic rings. The molecule has 15 heavy (non-hydrogen) atoms. The molecule has 1 N–H and O–H groups in total. The minimum absolute atomic E-state index is 0.292. The van der Waals surface area contributed by atoms with E-state index in [0.29, 0.717) is 12.0 Å². The van der Waals surface area contributed by atoms with E-state index in [-0.39, 0.29) is 0 Å². The van der Waals surface area contributed by atoms with E-state index in [4.69, 9.17) is 0 Å². The molecule has 1 atom stereocenters. The molecule has 0 bridgehead atoms. The normalized spacial score (nSPS) is 14.4. The van der Waals surface area contributed by atoms with Gasteiger partial charge in [0, 0.05) is 3.57 Å². The van der Waals surface area contributed by atoms with Crippen LogP contribution in [0.15, 0.2) is 24.3 Å². The highest BCUT2D eigenvalue weighted by molar-refractivity contribution is 14.1. The number of hydrogen-bond donors (Lipinski definition) is 1. The van der Waals surface area contributed by atoms with E-state index in [1.807, 2.05) is 12.1 Å². The maximum atomic E-state index is 11.5. The van der Waals surface area contributed by atoms with Crippen LogP contribution in [0, 0.1) is 3.57 Å². The van der Waals surface area contributed by atoms with Crippen LogP contribution in [0.2, 0.25) is 0 Å². The van der Waals surface area contributed by atoms with Gasteiger partial charge in [0.25, 0.3) is 0 Å². The fourth-order valence-corrected chi connectivity index (χ4v) is 1.72. The van der Waals surface area contributed by atoms with Crippen LogP contribution in [0.1, 0.15) is 18.9 Å². The Morgan fingerprint density at radius 3 is 2.40 bits per heavy atom. The maximum absolute atomic E-state index is 11.5. The summed E-state index contributed by atoms with van der Waals surface area (Å²) in [4.78, 5) is 11.5. The number of ether oxygens (including phenoxy) is 1. The molecule has 1 aromatic carbocycles. The Hall–Kier alpha value is -0.620. The third-order valence-corrected chi connectivity index (χ3v) is 3.08. The number of esters is 1. The van der Waals surface area contributed by atoms with Crippen LogP contribution < -0.4 is 0 Å². The van der Waals surface area contributed by atoms with Crippen molar-refractivity contribution < 1.29 is 14.6 Å². The number of rotatable bonds is 3. The molecular weight excluding hydrogens is 307 g/mol. The SMILES string of the molecule is CC[C@](O)(C(=O)OC)c1ccc(I)cc1. The molecule has 0 saturated heterocycles. The second-order valence-electron chi connectivity index (χ2n) is 3.21. The van der Waals surface area contributed by atoms with Gasteiger partial charge >= 0.3 is 5.97 Å². The summed E-state index contributed by atoms with van der Waals surface area (Å²) in [6.07, 6.45) is 0.292. The van der Waals surface area contributed by atoms with E-state index in [1.165, 1.54) is 7.11 Å². The summed E-state index contributed by atoms with van der Waals surface area (Å²) >= 11 is 2.17. The van der Waals surface area contributed by atoms with Crippen LogP contribution in [0.4, 0.5) is 0 Å². The molecule has 82 valence electrons. The highest BCUT2D eigenvalue weighted by atomic mass is 127. The summed E-state index contributed by atoms with van der Waals surface area (Å²) in [6.45, 7) is 1.74. The molecule has 0 aliphatic heterocycles. The number of methoxy groups -OCH3 is 1. The highest BCUT2D eigenvalue weighted by Crippen LogP contribution is 2.26. The van der Waals surface area contributed by atoms with Crippen molar-refractivity contribution in [3.05, 3.63) is 33.4 Å². The number of benzene rings is 1. The van der Waals surface area contributed by atoms with Gasteiger partial charge in [0.2, 0.25) is 0 Å². The zero-order valence-corrected chi connectivity index (χ0v) is 10.8. The zero-order valence-electron chi connectivity index (χ0n) is 8.66. The first kappa shape index (κ1) is 12.4. The lowest BCUT2D eigenvalue weighted by Gasteiger charge is -2.24. The first-order valence-electron chi connectivity index (χ1n) is 4.61. The number of aliphatic hydroxyl groups is 1. The summed E-state index contributed by atoms with van der Waals surface area (Å²) in [5, 5.41) is 10.2. The molecule has 0 unspecified atom stereocenters. The van der Waals surface area contributed by atoms with Crippen LogP contribution in [0.3, 0.4) is 0 Å². The lowest BCUT2D eigenvalue weighted by atomic mass is 9.91. The Morgan fingerprint density at radius 1 is 1.47 bits per heavy atom. The third-order valence-electron chi connectivity index (χ3n) is 2.36. The third kappa shape index (κ3) is 2.49. The average Bonchev–Trinajstić information content (AvgIpc) is 2.27. The lowest BCUT2D eigenvalue weighted by molar-refractivity contribution is -0.164. The van der Waals surface area contributed by atoms with Crippen LogP contribution in [0.25, 0.3) is 0 Å². The topological polar surface area (TPSA) is 46.5 Å². The molecule has 1 rings (SSSR count). The standard InChI is InChI=1S/C11H13IO3/c1-3-11(14,10(13)15-2)8-4-6-9(12)7-5-8/h4-7,14H,3H2,1-2H3/t11-/m1/s1. The Balaban J connectivity index is 3.11. The van der Waals surface area contributed by atoms with Crippen molar-refractivity contribution in [2.75, 3.05) is 7.11 Å². The van der Waals surface area contributed by atoms with Gasteiger partial charge in [-0.3, -0.25) is 0 Å². The molecule has 0 spiro atoms. The number of carbonyl (C=O) groups excluding carboxylic acids is 1. The minimum Gasteiger partial charge on any atom is -0.467 e. The molecule has 0 heterocycles. The molecule has 1 aromatic rings. The van der Waals surface area contributed by atoms with E-state index in [2.05, 4.69) is 27.3 Å². The summed E-state index contributed by atoms with van der Waals surface area (Å²) in [6, 6.07) is 7.17. The summed E-state index contributed by atoms with van der Waals surface area (Å²) < 4.78 is 5.66. The molecular formula is C11H13IO3. The average molecular weight is 320 g/mol. The Morgan fingerprint density at radius 2 is 2.00 bits per heavy atom. The fourth-order valence-electron chi connectivity index (χ4n) is 1.36. The molecule has 0 radical (unpaired) electrons. The van der Waals surface area contributed by atoms with Crippen molar-refractivity contribution in [3.8, 4) is 0 Å². The predicted molar refractivity (Wildman–Crippen MR) is 65.4 cm³/mol. The highest BCUT2D eigenvalue weighted by Gasteiger charge is 2.37. The summed E-state index contributed by atoms with van der Waals surface area (Å²) in [5.41, 5.74) is -0.962. The van der Waals surface area contributed by atoms with Gasteiger partial charge in [0.05, 0.1) is 7.11 Å². The maximum Gasteiger partial charge on any atom is 0.342 e. The molecule has 0 fully saturated rings. The quantitative estimate of drug-likeness (QED) is 0.685. The lowest BCUT2D eigenvalue weighted by Crippen LogP contribution is -2.36. The Labute approximate surface area is 103 Å². The first-order chi connectivity index (χ1) is 7.04. The number of carbonyl (C=O) groups is 1. The van der Waals surface area contributed by atoms with Gasteiger partial charge in [-0.2, -0.15) is 0 Å². The smallest absolute Gasteiger partial charge is 0.342 e. The van der Waals surface area contributed by atoms with Crippen molar-refractivity contribution in [2.24, 2.45) is 0 Å². The number of halogens is 1. The van der Waals surface area contributed by atoms with Gasteiger partial charge in [0.15, 0.2) is 5.60 Å². The van der Waals surface area contributed by atoms with Crippen LogP contribution in [0.5, 0.6) is 0 Å². The van der Waals surface area contributed by atoms with Gasteiger partial charge in [-0.25, -0.2) is 4.79 Å². The van der Waals surface area contributed by atoms with E-state index in [0.717, 1.165) is 3.57 Å². The van der Waals surface area contributed by atoms with Crippen molar-refractivity contribution >= 4 is 28.6 Å². The van der Waals surface area contributed by atoms with Gasteiger partial charge < -0.3 is 9.84 Å². The van der Waals surface area contributed by atoms with Crippen LogP contribution >= 0.6 is 22.6 Å². The van der Waals surface area contributed by atoms with Crippen LogP contribution in [-0.4, -0.2) is 18.2 Å². The Kier molecular flexibility index (Phi) is 4.10. The fraction of sp³-hybridized carbons (Fsp3) is 0.364. The second kappa shape index (κ2) is 4.94. The molecule has 0 aliphatic carbocycles. The minimum atomic E-state index is -1.53. The predicted octanol–water partition coefficient (Wildman–Crippen LogP) is 2.06. The van der Waals surface area contributed by atoms with Gasteiger partial charge in [-0.05, 0) is 46.7 Å². The van der Waals surface area contributed by atoms with Gasteiger partial charge in [-0.1, -0.05) is 19.1 Å². The molecule has 3 nitrogen and oxygen atoms in total. The summed E-state index contributed by atoms with van der Waals surface area (Å²) in [5.74, 6) is -0.619. The molecule has 0 saturated carbocycles. The van der Waals surface area contributed by atoms with Crippen molar-refractivity contribution in [1.29, 1.82) is 0 Å². The first-order valence-corrected chi connectivity index (χ1v) is 5.69. The largest absolute Gasteiger partial charge is 0.467 e. The van der Waals surface area contributed by atoms with E-state index < -0.39 is 11.6 Å². The van der Waals surface area contributed by atoms with Gasteiger partial charge in [0.1, 0.15) is 0 Å². The van der Waals surface area contributed by atoms with E-state index in [9.17, 15) is 9.90 Å². The monoisotopic (exact) mass is 320 g/mol. The summed E-state index contributed by atoms with van der Waals surface area (Å²) in [7, 11) is 1.27. The number of hydrogen-bond acceptors (Lipinski definition) is 3. The van der Waals surface area contributed by atoms with Crippen molar-refractivity contribution in [3.63, 3.8) is 0 Å². The van der Waals surface area contributed by atoms with Gasteiger partial charge in [-0.15, -0.1) is 0 Å². The van der Waals surface area contributed by atoms with E-state index in [1.54, 1.807) is 19.1 Å². The van der Waals surface area contributed by atoms with E-state index >= 15 is 0 Å². The Bertz CT molecular complexity index is 347. The molecule has 4 heteroatoms. The zero-order chi connectivity index (χ0) is 11.5. The van der Waals surface area contributed by atoms with Crippen LogP contribution in [-0.2, 0) is 15.1 Å². The molecule has 0 aromatic heterocycles. The van der Waals surface area contributed by atoms with Crippen molar-refractivity contribution in [2.45, 2.75) is 18.9 Å².